The summed E-state index contributed by atoms with van der Waals surface area (Å²) in [4.78, 5) is 22.7. The second-order valence-corrected chi connectivity index (χ2v) is 6.06. The Morgan fingerprint density at radius 2 is 2.10 bits per heavy atom. The second-order valence-electron chi connectivity index (χ2n) is 4.77. The zero-order valence-electron chi connectivity index (χ0n) is 10.5. The summed E-state index contributed by atoms with van der Waals surface area (Å²) < 4.78 is 0.690. The monoisotopic (exact) mass is 360 g/mol. The Labute approximate surface area is 129 Å². The van der Waals surface area contributed by atoms with Crippen LogP contribution in [0.2, 0.25) is 5.02 Å². The molecule has 0 bridgehead atoms. The molecule has 108 valence electrons. The summed E-state index contributed by atoms with van der Waals surface area (Å²) in [5, 5.41) is 15.0. The molecule has 2 amide bonds. The first kappa shape index (κ1) is 15.1. The standard InChI is InChI=1S/C13H14BrClN2O3/c14-10-6-8(15)2-4-11(10)17-13(20)16-9-3-1-7(5-9)12(18)19/h2,4,6-7,9H,1,3,5H2,(H,18,19)(H2,16,17,20). The number of urea groups is 1. The summed E-state index contributed by atoms with van der Waals surface area (Å²) in [7, 11) is 0. The molecule has 1 aromatic carbocycles. The van der Waals surface area contributed by atoms with E-state index in [2.05, 4.69) is 26.6 Å². The zero-order valence-corrected chi connectivity index (χ0v) is 12.9. The van der Waals surface area contributed by atoms with Crippen LogP contribution in [0.5, 0.6) is 0 Å². The quantitative estimate of drug-likeness (QED) is 0.771. The lowest BCUT2D eigenvalue weighted by Gasteiger charge is -2.14. The molecule has 1 saturated carbocycles. The maximum absolute atomic E-state index is 11.9. The fraction of sp³-hybridized carbons (Fsp3) is 0.385. The zero-order chi connectivity index (χ0) is 14.7. The molecule has 1 aromatic rings. The van der Waals surface area contributed by atoms with Crippen molar-refractivity contribution in [3.63, 3.8) is 0 Å². The molecule has 1 aliphatic carbocycles. The summed E-state index contributed by atoms with van der Waals surface area (Å²) in [6.07, 6.45) is 1.77. The van der Waals surface area contributed by atoms with Crippen LogP contribution in [0.4, 0.5) is 10.5 Å². The van der Waals surface area contributed by atoms with Gasteiger partial charge in [-0.1, -0.05) is 11.6 Å². The Bertz CT molecular complexity index is 538. The van der Waals surface area contributed by atoms with E-state index < -0.39 is 5.97 Å². The van der Waals surface area contributed by atoms with E-state index in [1.165, 1.54) is 0 Å². The summed E-state index contributed by atoms with van der Waals surface area (Å²) in [5.74, 6) is -1.15. The highest BCUT2D eigenvalue weighted by molar-refractivity contribution is 9.10. The molecule has 0 aliphatic heterocycles. The molecule has 0 saturated heterocycles. The van der Waals surface area contributed by atoms with Crippen LogP contribution in [-0.4, -0.2) is 23.1 Å². The van der Waals surface area contributed by atoms with Crippen molar-refractivity contribution in [2.24, 2.45) is 5.92 Å². The minimum Gasteiger partial charge on any atom is -0.481 e. The highest BCUT2D eigenvalue weighted by atomic mass is 79.9. The lowest BCUT2D eigenvalue weighted by atomic mass is 10.1. The van der Waals surface area contributed by atoms with E-state index in [4.69, 9.17) is 16.7 Å². The average Bonchev–Trinajstić information content (AvgIpc) is 2.81. The minimum atomic E-state index is -0.796. The Morgan fingerprint density at radius 1 is 1.35 bits per heavy atom. The fourth-order valence-electron chi connectivity index (χ4n) is 2.27. The molecule has 1 fully saturated rings. The minimum absolute atomic E-state index is 0.0952. The first-order valence-corrected chi connectivity index (χ1v) is 7.38. The van der Waals surface area contributed by atoms with Gasteiger partial charge in [0.05, 0.1) is 11.6 Å². The number of carbonyl (C=O) groups excluding carboxylic acids is 1. The number of anilines is 1. The van der Waals surface area contributed by atoms with Crippen molar-refractivity contribution >= 4 is 45.2 Å². The van der Waals surface area contributed by atoms with Crippen LogP contribution in [0.1, 0.15) is 19.3 Å². The number of benzene rings is 1. The van der Waals surface area contributed by atoms with Gasteiger partial charge in [-0.15, -0.1) is 0 Å². The van der Waals surface area contributed by atoms with Gasteiger partial charge in [0.2, 0.25) is 0 Å². The molecule has 20 heavy (non-hydrogen) atoms. The van der Waals surface area contributed by atoms with E-state index in [0.29, 0.717) is 34.4 Å². The van der Waals surface area contributed by atoms with Gasteiger partial charge >= 0.3 is 12.0 Å². The number of rotatable bonds is 3. The normalized spacial score (nSPS) is 21.5. The van der Waals surface area contributed by atoms with E-state index in [-0.39, 0.29) is 18.0 Å². The van der Waals surface area contributed by atoms with Gasteiger partial charge in [0.25, 0.3) is 0 Å². The molecule has 0 heterocycles. The lowest BCUT2D eigenvalue weighted by Crippen LogP contribution is -2.36. The molecule has 3 N–H and O–H groups in total. The van der Waals surface area contributed by atoms with E-state index in [9.17, 15) is 9.59 Å². The Morgan fingerprint density at radius 3 is 2.70 bits per heavy atom. The number of aliphatic carboxylic acids is 1. The maximum atomic E-state index is 11.9. The smallest absolute Gasteiger partial charge is 0.319 e. The van der Waals surface area contributed by atoms with Crippen molar-refractivity contribution in [3.05, 3.63) is 27.7 Å². The summed E-state index contributed by atoms with van der Waals surface area (Å²) in [6.45, 7) is 0. The van der Waals surface area contributed by atoms with E-state index in [0.717, 1.165) is 0 Å². The van der Waals surface area contributed by atoms with Crippen molar-refractivity contribution in [2.75, 3.05) is 5.32 Å². The van der Waals surface area contributed by atoms with Crippen LogP contribution in [0.3, 0.4) is 0 Å². The van der Waals surface area contributed by atoms with Gasteiger partial charge in [-0.05, 0) is 53.4 Å². The molecule has 2 unspecified atom stereocenters. The molecule has 1 aliphatic rings. The largest absolute Gasteiger partial charge is 0.481 e. The first-order chi connectivity index (χ1) is 9.45. The molecule has 0 aromatic heterocycles. The molecular formula is C13H14BrClN2O3. The third-order valence-electron chi connectivity index (χ3n) is 3.30. The highest BCUT2D eigenvalue weighted by Crippen LogP contribution is 2.27. The summed E-state index contributed by atoms with van der Waals surface area (Å²) in [6, 6.07) is 4.62. The molecule has 0 radical (unpaired) electrons. The summed E-state index contributed by atoms with van der Waals surface area (Å²) >= 11 is 9.14. The Hall–Kier alpha value is -1.27. The third kappa shape index (κ3) is 3.86. The second kappa shape index (κ2) is 6.45. The number of carboxylic acid groups (broad SMARTS) is 1. The number of halogens is 2. The van der Waals surface area contributed by atoms with Crippen molar-refractivity contribution in [2.45, 2.75) is 25.3 Å². The molecule has 7 heteroatoms. The van der Waals surface area contributed by atoms with Gasteiger partial charge in [0.15, 0.2) is 0 Å². The Balaban J connectivity index is 1.88. The molecule has 2 rings (SSSR count). The average molecular weight is 362 g/mol. The van der Waals surface area contributed by atoms with Gasteiger partial charge in [0, 0.05) is 15.5 Å². The van der Waals surface area contributed by atoms with Crippen LogP contribution < -0.4 is 10.6 Å². The fourth-order valence-corrected chi connectivity index (χ4v) is 3.05. The van der Waals surface area contributed by atoms with Crippen molar-refractivity contribution in [3.8, 4) is 0 Å². The van der Waals surface area contributed by atoms with Crippen LogP contribution in [0.25, 0.3) is 0 Å². The van der Waals surface area contributed by atoms with Gasteiger partial charge in [-0.25, -0.2) is 4.79 Å². The van der Waals surface area contributed by atoms with Crippen LogP contribution in [0, 0.1) is 5.92 Å². The maximum Gasteiger partial charge on any atom is 0.319 e. The SMILES string of the molecule is O=C(Nc1ccc(Cl)cc1Br)NC1CCC(C(=O)O)C1. The van der Waals surface area contributed by atoms with Crippen molar-refractivity contribution in [1.29, 1.82) is 0 Å². The molecular weight excluding hydrogens is 348 g/mol. The van der Waals surface area contributed by atoms with E-state index in [1.54, 1.807) is 18.2 Å². The van der Waals surface area contributed by atoms with Crippen molar-refractivity contribution in [1.82, 2.24) is 5.32 Å². The third-order valence-corrected chi connectivity index (χ3v) is 4.19. The molecule has 5 nitrogen and oxygen atoms in total. The van der Waals surface area contributed by atoms with Crippen LogP contribution in [-0.2, 0) is 4.79 Å². The van der Waals surface area contributed by atoms with Gasteiger partial charge in [-0.3, -0.25) is 4.79 Å². The van der Waals surface area contributed by atoms with E-state index in [1.807, 2.05) is 0 Å². The summed E-state index contributed by atoms with van der Waals surface area (Å²) in [5.41, 5.74) is 0.611. The van der Waals surface area contributed by atoms with Crippen LogP contribution >= 0.6 is 27.5 Å². The van der Waals surface area contributed by atoms with Gasteiger partial charge < -0.3 is 15.7 Å². The first-order valence-electron chi connectivity index (χ1n) is 6.21. The van der Waals surface area contributed by atoms with Gasteiger partial charge in [0.1, 0.15) is 0 Å². The number of carboxylic acids is 1. The Kier molecular flexibility index (Phi) is 4.88. The number of nitrogens with one attached hydrogen (secondary N) is 2. The number of hydrogen-bond donors (Lipinski definition) is 3. The lowest BCUT2D eigenvalue weighted by molar-refractivity contribution is -0.141. The predicted molar refractivity (Wildman–Crippen MR) is 80.1 cm³/mol. The molecule has 0 spiro atoms. The predicted octanol–water partition coefficient (Wildman–Crippen LogP) is 3.48. The van der Waals surface area contributed by atoms with Crippen LogP contribution in [0.15, 0.2) is 22.7 Å². The number of amides is 2. The molecule has 2 atom stereocenters. The number of hydrogen-bond acceptors (Lipinski definition) is 2. The van der Waals surface area contributed by atoms with E-state index >= 15 is 0 Å². The number of carbonyl (C=O) groups is 2. The highest BCUT2D eigenvalue weighted by Gasteiger charge is 2.30. The van der Waals surface area contributed by atoms with Gasteiger partial charge in [-0.2, -0.15) is 0 Å². The van der Waals surface area contributed by atoms with Crippen molar-refractivity contribution < 1.29 is 14.7 Å². The topological polar surface area (TPSA) is 78.4 Å².